The van der Waals surface area contributed by atoms with Gasteiger partial charge in [-0.1, -0.05) is 20.4 Å². The predicted octanol–water partition coefficient (Wildman–Crippen LogP) is 2.66. The second-order valence-corrected chi connectivity index (χ2v) is 4.28. The lowest BCUT2D eigenvalue weighted by molar-refractivity contribution is 0.0445. The third kappa shape index (κ3) is 2.74. The predicted molar refractivity (Wildman–Crippen MR) is 60.2 cm³/mol. The normalized spacial score (nSPS) is 18.6. The van der Waals surface area contributed by atoms with Gasteiger partial charge >= 0.3 is 0 Å². The fourth-order valence-corrected chi connectivity index (χ4v) is 2.02. The molecule has 0 bridgehead atoms. The molecule has 0 saturated carbocycles. The van der Waals surface area contributed by atoms with Gasteiger partial charge in [-0.25, -0.2) is 0 Å². The Labute approximate surface area is 87.9 Å². The van der Waals surface area contributed by atoms with Crippen LogP contribution in [0.1, 0.15) is 33.6 Å². The molecule has 0 unspecified atom stereocenters. The van der Waals surface area contributed by atoms with Crippen molar-refractivity contribution >= 4 is 0 Å². The van der Waals surface area contributed by atoms with Crippen molar-refractivity contribution in [1.82, 2.24) is 4.90 Å². The van der Waals surface area contributed by atoms with E-state index in [1.54, 1.807) is 0 Å². The first-order valence-electron chi connectivity index (χ1n) is 5.70. The lowest BCUT2D eigenvalue weighted by atomic mass is 10.0. The molecule has 0 radical (unpaired) electrons. The van der Waals surface area contributed by atoms with Gasteiger partial charge in [0.05, 0.1) is 0 Å². The first kappa shape index (κ1) is 11.6. The van der Waals surface area contributed by atoms with E-state index in [1.165, 1.54) is 5.70 Å². The molecular weight excluding hydrogens is 174 g/mol. The fourth-order valence-electron chi connectivity index (χ4n) is 2.02. The van der Waals surface area contributed by atoms with Gasteiger partial charge in [0.15, 0.2) is 0 Å². The van der Waals surface area contributed by atoms with Crippen molar-refractivity contribution in [3.05, 3.63) is 12.3 Å². The maximum Gasteiger partial charge on any atom is 0.0485 e. The van der Waals surface area contributed by atoms with Crippen LogP contribution in [0, 0.1) is 5.92 Å². The second kappa shape index (κ2) is 5.40. The van der Waals surface area contributed by atoms with Gasteiger partial charge in [-0.05, 0) is 25.7 Å². The zero-order valence-electron chi connectivity index (χ0n) is 9.75. The van der Waals surface area contributed by atoms with Crippen LogP contribution >= 0.6 is 0 Å². The summed E-state index contributed by atoms with van der Waals surface area (Å²) in [5, 5.41) is 0. The summed E-state index contributed by atoms with van der Waals surface area (Å²) >= 11 is 0. The highest BCUT2D eigenvalue weighted by atomic mass is 16.5. The van der Waals surface area contributed by atoms with E-state index in [1.807, 2.05) is 0 Å². The number of nitrogens with zero attached hydrogens (tertiary/aromatic N) is 1. The van der Waals surface area contributed by atoms with E-state index in [2.05, 4.69) is 32.3 Å². The third-order valence-corrected chi connectivity index (χ3v) is 3.01. The maximum absolute atomic E-state index is 5.38. The van der Waals surface area contributed by atoms with Crippen LogP contribution in [0.25, 0.3) is 0 Å². The molecule has 1 aliphatic rings. The van der Waals surface area contributed by atoms with Crippen LogP contribution in [-0.4, -0.2) is 30.7 Å². The van der Waals surface area contributed by atoms with Crippen LogP contribution in [-0.2, 0) is 4.74 Å². The Morgan fingerprint density at radius 2 is 2.00 bits per heavy atom. The van der Waals surface area contributed by atoms with Crippen molar-refractivity contribution in [2.24, 2.45) is 5.92 Å². The smallest absolute Gasteiger partial charge is 0.0485 e. The Morgan fingerprint density at radius 1 is 1.43 bits per heavy atom. The molecule has 2 nitrogen and oxygen atoms in total. The SMILES string of the molecule is C=C(C(C)C)N(CC)C1CCOCC1. The van der Waals surface area contributed by atoms with Gasteiger partial charge in [-0.15, -0.1) is 0 Å². The van der Waals surface area contributed by atoms with Crippen LogP contribution in [0.3, 0.4) is 0 Å². The second-order valence-electron chi connectivity index (χ2n) is 4.28. The molecule has 1 fully saturated rings. The molecule has 0 atom stereocenters. The molecular formula is C12H23NO. The number of hydrogen-bond donors (Lipinski definition) is 0. The van der Waals surface area contributed by atoms with Gasteiger partial charge in [0, 0.05) is 31.5 Å². The van der Waals surface area contributed by atoms with E-state index >= 15 is 0 Å². The van der Waals surface area contributed by atoms with E-state index < -0.39 is 0 Å². The molecule has 14 heavy (non-hydrogen) atoms. The van der Waals surface area contributed by atoms with Crippen molar-refractivity contribution in [2.45, 2.75) is 39.7 Å². The van der Waals surface area contributed by atoms with Gasteiger partial charge in [0.1, 0.15) is 0 Å². The zero-order valence-corrected chi connectivity index (χ0v) is 9.75. The summed E-state index contributed by atoms with van der Waals surface area (Å²) in [7, 11) is 0. The van der Waals surface area contributed by atoms with Crippen LogP contribution in [0.15, 0.2) is 12.3 Å². The van der Waals surface area contributed by atoms with Gasteiger partial charge < -0.3 is 9.64 Å². The third-order valence-electron chi connectivity index (χ3n) is 3.01. The molecule has 2 heteroatoms. The average Bonchev–Trinajstić information content (AvgIpc) is 2.20. The minimum absolute atomic E-state index is 0.554. The molecule has 0 aromatic rings. The van der Waals surface area contributed by atoms with E-state index in [0.717, 1.165) is 32.6 Å². The number of rotatable bonds is 4. The Bertz CT molecular complexity index is 183. The monoisotopic (exact) mass is 197 g/mol. The molecule has 1 aliphatic heterocycles. The number of ether oxygens (including phenoxy) is 1. The van der Waals surface area contributed by atoms with Gasteiger partial charge in [0.2, 0.25) is 0 Å². The summed E-state index contributed by atoms with van der Waals surface area (Å²) in [4.78, 5) is 2.45. The summed E-state index contributed by atoms with van der Waals surface area (Å²) in [6.45, 7) is 13.7. The quantitative estimate of drug-likeness (QED) is 0.687. The molecule has 0 aromatic carbocycles. The molecule has 0 spiro atoms. The standard InChI is InChI=1S/C12H23NO/c1-5-13(11(4)10(2)3)12-6-8-14-9-7-12/h10,12H,4-9H2,1-3H3. The topological polar surface area (TPSA) is 12.5 Å². The summed E-state index contributed by atoms with van der Waals surface area (Å²) < 4.78 is 5.38. The van der Waals surface area contributed by atoms with Crippen molar-refractivity contribution in [2.75, 3.05) is 19.8 Å². The Morgan fingerprint density at radius 3 is 2.43 bits per heavy atom. The van der Waals surface area contributed by atoms with E-state index in [0.29, 0.717) is 12.0 Å². The van der Waals surface area contributed by atoms with Gasteiger partial charge in [0.25, 0.3) is 0 Å². The van der Waals surface area contributed by atoms with Crippen molar-refractivity contribution in [3.63, 3.8) is 0 Å². The minimum atomic E-state index is 0.554. The van der Waals surface area contributed by atoms with Crippen LogP contribution in [0.2, 0.25) is 0 Å². The van der Waals surface area contributed by atoms with Crippen LogP contribution in [0.4, 0.5) is 0 Å². The number of hydrogen-bond acceptors (Lipinski definition) is 2. The van der Waals surface area contributed by atoms with Crippen LogP contribution < -0.4 is 0 Å². The lowest BCUT2D eigenvalue weighted by Crippen LogP contribution is -2.39. The molecule has 82 valence electrons. The molecule has 1 rings (SSSR count). The highest BCUT2D eigenvalue weighted by Gasteiger charge is 2.22. The minimum Gasteiger partial charge on any atom is -0.381 e. The first-order chi connectivity index (χ1) is 6.66. The van der Waals surface area contributed by atoms with Gasteiger partial charge in [-0.3, -0.25) is 0 Å². The first-order valence-corrected chi connectivity index (χ1v) is 5.70. The maximum atomic E-state index is 5.38. The lowest BCUT2D eigenvalue weighted by Gasteiger charge is -2.37. The highest BCUT2D eigenvalue weighted by molar-refractivity contribution is 4.99. The van der Waals surface area contributed by atoms with Crippen LogP contribution in [0.5, 0.6) is 0 Å². The summed E-state index contributed by atoms with van der Waals surface area (Å²) in [5.41, 5.74) is 1.28. The molecule has 1 heterocycles. The molecule has 0 aliphatic carbocycles. The Balaban J connectivity index is 2.55. The van der Waals surface area contributed by atoms with E-state index in [-0.39, 0.29) is 0 Å². The number of allylic oxidation sites excluding steroid dienone is 1. The summed E-state index contributed by atoms with van der Waals surface area (Å²) in [6, 6.07) is 0.656. The molecule has 1 saturated heterocycles. The summed E-state index contributed by atoms with van der Waals surface area (Å²) in [6.07, 6.45) is 2.30. The Hall–Kier alpha value is -0.500. The largest absolute Gasteiger partial charge is 0.381 e. The fraction of sp³-hybridized carbons (Fsp3) is 0.833. The molecule has 0 aromatic heterocycles. The van der Waals surface area contributed by atoms with E-state index in [9.17, 15) is 0 Å². The molecule has 0 amide bonds. The van der Waals surface area contributed by atoms with E-state index in [4.69, 9.17) is 4.74 Å². The average molecular weight is 197 g/mol. The summed E-state index contributed by atoms with van der Waals surface area (Å²) in [5.74, 6) is 0.554. The highest BCUT2D eigenvalue weighted by Crippen LogP contribution is 2.22. The van der Waals surface area contributed by atoms with Crippen molar-refractivity contribution in [1.29, 1.82) is 0 Å². The Kier molecular flexibility index (Phi) is 4.46. The van der Waals surface area contributed by atoms with Crippen molar-refractivity contribution in [3.8, 4) is 0 Å². The van der Waals surface area contributed by atoms with Gasteiger partial charge in [-0.2, -0.15) is 0 Å². The molecule has 0 N–H and O–H groups in total. The van der Waals surface area contributed by atoms with Crippen molar-refractivity contribution < 1.29 is 4.74 Å². The zero-order chi connectivity index (χ0) is 10.6.